The lowest BCUT2D eigenvalue weighted by Crippen LogP contribution is -2.45. The molecule has 1 fully saturated rings. The van der Waals surface area contributed by atoms with Crippen molar-refractivity contribution in [3.8, 4) is 5.75 Å². The number of nitrogens with zero attached hydrogens (tertiary/aromatic N) is 1. The summed E-state index contributed by atoms with van der Waals surface area (Å²) in [7, 11) is -1.91. The van der Waals surface area contributed by atoms with E-state index < -0.39 is 10.0 Å². The lowest BCUT2D eigenvalue weighted by atomic mass is 9.99. The number of halogens is 1. The zero-order chi connectivity index (χ0) is 20.9. The summed E-state index contributed by atoms with van der Waals surface area (Å²) >= 11 is 5.96. The highest BCUT2D eigenvalue weighted by atomic mass is 35.5. The summed E-state index contributed by atoms with van der Waals surface area (Å²) in [4.78, 5) is 12.6. The zero-order valence-electron chi connectivity index (χ0n) is 16.3. The van der Waals surface area contributed by atoms with Gasteiger partial charge in [0.2, 0.25) is 15.9 Å². The van der Waals surface area contributed by atoms with Gasteiger partial charge in [0.05, 0.1) is 18.8 Å². The smallest absolute Gasteiger partial charge is 0.224 e. The molecule has 1 amide bonds. The Morgan fingerprint density at radius 3 is 2.66 bits per heavy atom. The van der Waals surface area contributed by atoms with E-state index in [9.17, 15) is 13.2 Å². The van der Waals surface area contributed by atoms with Crippen LogP contribution in [0.15, 0.2) is 48.5 Å². The summed E-state index contributed by atoms with van der Waals surface area (Å²) in [5, 5.41) is 3.42. The molecule has 0 bridgehead atoms. The number of methoxy groups -OCH3 is 1. The number of carbonyl (C=O) groups excluding carboxylic acids is 1. The molecule has 156 valence electrons. The average Bonchev–Trinajstić information content (AvgIpc) is 2.72. The normalized spacial score (nSPS) is 17.7. The molecule has 3 rings (SSSR count). The Hall–Kier alpha value is -2.09. The van der Waals surface area contributed by atoms with Crippen LogP contribution in [0, 0.1) is 5.92 Å². The van der Waals surface area contributed by atoms with Gasteiger partial charge in [-0.2, -0.15) is 0 Å². The molecule has 1 heterocycles. The SMILES string of the molecule is COc1ccc(CNC(=O)[C@@H]2CCCN(S(=O)(=O)Cc3cccc(Cl)c3)C2)cc1. The first-order valence-corrected chi connectivity index (χ1v) is 11.5. The van der Waals surface area contributed by atoms with Crippen molar-refractivity contribution in [1.29, 1.82) is 0 Å². The predicted octanol–water partition coefficient (Wildman–Crippen LogP) is 3.21. The second-order valence-corrected chi connectivity index (χ2v) is 9.55. The first-order chi connectivity index (χ1) is 13.9. The third kappa shape index (κ3) is 5.95. The van der Waals surface area contributed by atoms with Gasteiger partial charge in [0, 0.05) is 24.7 Å². The Labute approximate surface area is 176 Å². The van der Waals surface area contributed by atoms with Crippen molar-refractivity contribution in [2.45, 2.75) is 25.1 Å². The lowest BCUT2D eigenvalue weighted by Gasteiger charge is -2.31. The predicted molar refractivity (Wildman–Crippen MR) is 113 cm³/mol. The van der Waals surface area contributed by atoms with E-state index in [0.717, 1.165) is 11.3 Å². The second kappa shape index (κ2) is 9.61. The van der Waals surface area contributed by atoms with Gasteiger partial charge in [-0.25, -0.2) is 12.7 Å². The van der Waals surface area contributed by atoms with Gasteiger partial charge in [-0.15, -0.1) is 0 Å². The van der Waals surface area contributed by atoms with Crippen LogP contribution in [-0.2, 0) is 27.1 Å². The summed E-state index contributed by atoms with van der Waals surface area (Å²) in [6.45, 7) is 1.04. The van der Waals surface area contributed by atoms with Crippen molar-refractivity contribution in [3.05, 3.63) is 64.7 Å². The van der Waals surface area contributed by atoms with Crippen LogP contribution in [0.5, 0.6) is 5.75 Å². The minimum Gasteiger partial charge on any atom is -0.497 e. The van der Waals surface area contributed by atoms with Crippen LogP contribution in [0.3, 0.4) is 0 Å². The number of benzene rings is 2. The van der Waals surface area contributed by atoms with E-state index in [2.05, 4.69) is 5.32 Å². The summed E-state index contributed by atoms with van der Waals surface area (Å²) < 4.78 is 32.2. The quantitative estimate of drug-likeness (QED) is 0.723. The van der Waals surface area contributed by atoms with Gasteiger partial charge in [0.25, 0.3) is 0 Å². The molecular weight excluding hydrogens is 412 g/mol. The van der Waals surface area contributed by atoms with Crippen molar-refractivity contribution in [2.24, 2.45) is 5.92 Å². The lowest BCUT2D eigenvalue weighted by molar-refractivity contribution is -0.126. The maximum Gasteiger partial charge on any atom is 0.224 e. The topological polar surface area (TPSA) is 75.7 Å². The number of amides is 1. The van der Waals surface area contributed by atoms with E-state index in [0.29, 0.717) is 36.5 Å². The van der Waals surface area contributed by atoms with E-state index in [1.54, 1.807) is 31.4 Å². The standard InChI is InChI=1S/C21H25ClN2O4S/c1-28-20-9-7-16(8-10-20)13-23-21(25)18-5-3-11-24(14-18)29(26,27)15-17-4-2-6-19(22)12-17/h2,4,6-10,12,18H,3,5,11,13-15H2,1H3,(H,23,25)/t18-/m1/s1. The summed E-state index contributed by atoms with van der Waals surface area (Å²) in [6.07, 6.45) is 1.34. The Balaban J connectivity index is 1.57. The summed E-state index contributed by atoms with van der Waals surface area (Å²) in [5.41, 5.74) is 1.60. The number of ether oxygens (including phenoxy) is 1. The number of piperidine rings is 1. The molecule has 1 saturated heterocycles. The van der Waals surface area contributed by atoms with Gasteiger partial charge in [0.1, 0.15) is 5.75 Å². The van der Waals surface area contributed by atoms with Gasteiger partial charge >= 0.3 is 0 Å². The Morgan fingerprint density at radius 1 is 1.21 bits per heavy atom. The highest BCUT2D eigenvalue weighted by Crippen LogP contribution is 2.23. The molecule has 2 aromatic carbocycles. The first-order valence-electron chi connectivity index (χ1n) is 9.50. The number of rotatable bonds is 7. The van der Waals surface area contributed by atoms with Gasteiger partial charge in [-0.05, 0) is 48.2 Å². The maximum absolute atomic E-state index is 12.8. The molecule has 1 N–H and O–H groups in total. The third-order valence-corrected chi connectivity index (χ3v) is 7.06. The van der Waals surface area contributed by atoms with Crippen LogP contribution < -0.4 is 10.1 Å². The number of sulfonamides is 1. The minimum atomic E-state index is -3.51. The van der Waals surface area contributed by atoms with E-state index in [4.69, 9.17) is 16.3 Å². The molecule has 2 aromatic rings. The van der Waals surface area contributed by atoms with Crippen LogP contribution >= 0.6 is 11.6 Å². The van der Waals surface area contributed by atoms with Crippen molar-refractivity contribution < 1.29 is 17.9 Å². The number of hydrogen-bond donors (Lipinski definition) is 1. The molecule has 0 aliphatic carbocycles. The second-order valence-electron chi connectivity index (χ2n) is 7.15. The van der Waals surface area contributed by atoms with Crippen molar-refractivity contribution in [1.82, 2.24) is 9.62 Å². The molecule has 1 atom stereocenters. The van der Waals surface area contributed by atoms with E-state index in [1.165, 1.54) is 4.31 Å². The Kier molecular flexibility index (Phi) is 7.16. The van der Waals surface area contributed by atoms with Crippen LogP contribution in [0.1, 0.15) is 24.0 Å². The van der Waals surface area contributed by atoms with Crippen LogP contribution in [-0.4, -0.2) is 38.8 Å². The fourth-order valence-corrected chi connectivity index (χ4v) is 5.23. The van der Waals surface area contributed by atoms with E-state index in [1.807, 2.05) is 24.3 Å². The molecular formula is C21H25ClN2O4S. The highest BCUT2D eigenvalue weighted by Gasteiger charge is 2.32. The number of hydrogen-bond acceptors (Lipinski definition) is 4. The molecule has 29 heavy (non-hydrogen) atoms. The maximum atomic E-state index is 12.8. The van der Waals surface area contributed by atoms with E-state index >= 15 is 0 Å². The van der Waals surface area contributed by atoms with Crippen molar-refractivity contribution in [2.75, 3.05) is 20.2 Å². The van der Waals surface area contributed by atoms with Gasteiger partial charge in [-0.1, -0.05) is 35.9 Å². The van der Waals surface area contributed by atoms with Crippen LogP contribution in [0.4, 0.5) is 0 Å². The molecule has 1 aliphatic heterocycles. The third-order valence-electron chi connectivity index (χ3n) is 5.01. The molecule has 8 heteroatoms. The Bertz CT molecular complexity index is 947. The summed E-state index contributed by atoms with van der Waals surface area (Å²) in [6, 6.07) is 14.3. The zero-order valence-corrected chi connectivity index (χ0v) is 17.9. The Morgan fingerprint density at radius 2 is 1.97 bits per heavy atom. The fraction of sp³-hybridized carbons (Fsp3) is 0.381. The van der Waals surface area contributed by atoms with Gasteiger partial charge < -0.3 is 10.1 Å². The minimum absolute atomic E-state index is 0.117. The molecule has 1 aliphatic rings. The molecule has 6 nitrogen and oxygen atoms in total. The number of nitrogens with one attached hydrogen (secondary N) is 1. The molecule has 0 radical (unpaired) electrons. The monoisotopic (exact) mass is 436 g/mol. The van der Waals surface area contributed by atoms with Crippen LogP contribution in [0.25, 0.3) is 0 Å². The van der Waals surface area contributed by atoms with Crippen molar-refractivity contribution >= 4 is 27.5 Å². The largest absolute Gasteiger partial charge is 0.497 e. The molecule has 0 spiro atoms. The highest BCUT2D eigenvalue weighted by molar-refractivity contribution is 7.88. The van der Waals surface area contributed by atoms with Crippen LogP contribution in [0.2, 0.25) is 5.02 Å². The van der Waals surface area contributed by atoms with Gasteiger partial charge in [-0.3, -0.25) is 4.79 Å². The summed E-state index contributed by atoms with van der Waals surface area (Å²) in [5.74, 6) is 0.167. The first kappa shape index (κ1) is 21.6. The van der Waals surface area contributed by atoms with Crippen molar-refractivity contribution in [3.63, 3.8) is 0 Å². The molecule has 0 aromatic heterocycles. The van der Waals surface area contributed by atoms with E-state index in [-0.39, 0.29) is 24.1 Å². The average molecular weight is 437 g/mol. The fourth-order valence-electron chi connectivity index (χ4n) is 3.41. The molecule has 0 saturated carbocycles. The van der Waals surface area contributed by atoms with Gasteiger partial charge in [0.15, 0.2) is 0 Å². The molecule has 0 unspecified atom stereocenters. The number of carbonyl (C=O) groups is 1.